The lowest BCUT2D eigenvalue weighted by molar-refractivity contribution is -0.384. The van der Waals surface area contributed by atoms with E-state index in [1.807, 2.05) is 0 Å². The first-order chi connectivity index (χ1) is 14.3. The quantitative estimate of drug-likeness (QED) is 0.382. The zero-order chi connectivity index (χ0) is 22.3. The molecule has 158 valence electrons. The number of hydrogen-bond donors (Lipinski definition) is 2. The lowest BCUT2D eigenvalue weighted by atomic mass is 10.0. The summed E-state index contributed by atoms with van der Waals surface area (Å²) in [7, 11) is 2.55. The van der Waals surface area contributed by atoms with Crippen LogP contribution in [-0.4, -0.2) is 43.0 Å². The molecule has 2 aromatic carbocycles. The van der Waals surface area contributed by atoms with E-state index in [2.05, 4.69) is 10.6 Å². The Morgan fingerprint density at radius 3 is 2.43 bits per heavy atom. The summed E-state index contributed by atoms with van der Waals surface area (Å²) in [6.07, 6.45) is -0.106. The number of amides is 2. The van der Waals surface area contributed by atoms with Crippen molar-refractivity contribution in [2.75, 3.05) is 19.5 Å². The van der Waals surface area contributed by atoms with Crippen LogP contribution in [0.3, 0.4) is 0 Å². The van der Waals surface area contributed by atoms with Crippen LogP contribution in [0.25, 0.3) is 0 Å². The predicted molar refractivity (Wildman–Crippen MR) is 107 cm³/mol. The molecule has 2 amide bonds. The van der Waals surface area contributed by atoms with Crippen molar-refractivity contribution in [3.8, 4) is 5.75 Å². The maximum atomic E-state index is 12.8. The minimum atomic E-state index is -1.15. The van der Waals surface area contributed by atoms with E-state index >= 15 is 0 Å². The molecule has 0 spiro atoms. The fourth-order valence-corrected chi connectivity index (χ4v) is 2.81. The number of carbonyl (C=O) groups is 3. The number of anilines is 1. The maximum Gasteiger partial charge on any atom is 0.328 e. The van der Waals surface area contributed by atoms with Crippen molar-refractivity contribution in [1.82, 2.24) is 5.32 Å². The number of hydrogen-bond acceptors (Lipinski definition) is 7. The van der Waals surface area contributed by atoms with Gasteiger partial charge in [-0.05, 0) is 18.2 Å². The van der Waals surface area contributed by atoms with Gasteiger partial charge in [0, 0.05) is 31.0 Å². The maximum absolute atomic E-state index is 12.8. The third-order valence-electron chi connectivity index (χ3n) is 4.17. The number of nitro benzene ring substituents is 1. The first-order valence-corrected chi connectivity index (χ1v) is 8.83. The minimum Gasteiger partial charge on any atom is -0.496 e. The summed E-state index contributed by atoms with van der Waals surface area (Å²) in [5, 5.41) is 16.2. The zero-order valence-electron chi connectivity index (χ0n) is 16.6. The van der Waals surface area contributed by atoms with Gasteiger partial charge < -0.3 is 20.1 Å². The van der Waals surface area contributed by atoms with Gasteiger partial charge in [0.2, 0.25) is 5.91 Å². The van der Waals surface area contributed by atoms with Gasteiger partial charge in [-0.2, -0.15) is 0 Å². The van der Waals surface area contributed by atoms with Crippen LogP contribution in [-0.2, 0) is 20.7 Å². The summed E-state index contributed by atoms with van der Waals surface area (Å²) in [6, 6.07) is 9.10. The Hall–Kier alpha value is -3.95. The number of nitrogens with zero attached hydrogens (tertiary/aromatic N) is 1. The van der Waals surface area contributed by atoms with E-state index in [0.717, 1.165) is 7.11 Å². The molecule has 0 bridgehead atoms. The second-order valence-electron chi connectivity index (χ2n) is 6.23. The van der Waals surface area contributed by atoms with E-state index in [1.54, 1.807) is 18.2 Å². The summed E-state index contributed by atoms with van der Waals surface area (Å²) in [5.74, 6) is -1.41. The van der Waals surface area contributed by atoms with Gasteiger partial charge in [0.15, 0.2) is 0 Å². The zero-order valence-corrected chi connectivity index (χ0v) is 16.6. The smallest absolute Gasteiger partial charge is 0.328 e. The van der Waals surface area contributed by atoms with Gasteiger partial charge in [-0.15, -0.1) is 0 Å². The van der Waals surface area contributed by atoms with Crippen LogP contribution in [0.2, 0.25) is 0 Å². The molecule has 10 nitrogen and oxygen atoms in total. The minimum absolute atomic E-state index is 0.106. The SMILES string of the molecule is COC(=O)[C@H](Cc1cc([N+](=O)[O-])ccc1OC)NC(=O)c1ccccc1NC(C)=O. The van der Waals surface area contributed by atoms with Gasteiger partial charge in [-0.25, -0.2) is 4.79 Å². The molecule has 0 fully saturated rings. The third-order valence-corrected chi connectivity index (χ3v) is 4.17. The van der Waals surface area contributed by atoms with Crippen molar-refractivity contribution in [2.45, 2.75) is 19.4 Å². The highest BCUT2D eigenvalue weighted by atomic mass is 16.6. The van der Waals surface area contributed by atoms with Gasteiger partial charge in [-0.3, -0.25) is 19.7 Å². The van der Waals surface area contributed by atoms with E-state index in [9.17, 15) is 24.5 Å². The summed E-state index contributed by atoms with van der Waals surface area (Å²) in [5.41, 5.74) is 0.584. The Labute approximate surface area is 172 Å². The summed E-state index contributed by atoms with van der Waals surface area (Å²) in [6.45, 7) is 1.31. The average molecular weight is 415 g/mol. The molecule has 2 rings (SSSR count). The molecule has 30 heavy (non-hydrogen) atoms. The Balaban J connectivity index is 2.33. The van der Waals surface area contributed by atoms with Gasteiger partial charge in [0.25, 0.3) is 11.6 Å². The topological polar surface area (TPSA) is 137 Å². The molecule has 2 N–H and O–H groups in total. The highest BCUT2D eigenvalue weighted by Crippen LogP contribution is 2.25. The van der Waals surface area contributed by atoms with Crippen LogP contribution in [0, 0.1) is 10.1 Å². The lowest BCUT2D eigenvalue weighted by Crippen LogP contribution is -2.43. The van der Waals surface area contributed by atoms with Gasteiger partial charge in [0.05, 0.1) is 30.4 Å². The van der Waals surface area contributed by atoms with Crippen LogP contribution < -0.4 is 15.4 Å². The van der Waals surface area contributed by atoms with Crippen molar-refractivity contribution in [2.24, 2.45) is 0 Å². The molecule has 0 aliphatic heterocycles. The molecular formula is C20H21N3O7. The van der Waals surface area contributed by atoms with Crippen LogP contribution in [0.1, 0.15) is 22.8 Å². The summed E-state index contributed by atoms with van der Waals surface area (Å²) in [4.78, 5) is 47.0. The number of methoxy groups -OCH3 is 2. The Kier molecular flexibility index (Phi) is 7.45. The van der Waals surface area contributed by atoms with Crippen molar-refractivity contribution >= 4 is 29.2 Å². The van der Waals surface area contributed by atoms with E-state index in [4.69, 9.17) is 9.47 Å². The van der Waals surface area contributed by atoms with Crippen LogP contribution >= 0.6 is 0 Å². The van der Waals surface area contributed by atoms with Crippen LogP contribution in [0.5, 0.6) is 5.75 Å². The number of nitro groups is 1. The normalized spacial score (nSPS) is 11.2. The molecule has 1 atom stereocenters. The highest BCUT2D eigenvalue weighted by Gasteiger charge is 2.26. The fourth-order valence-electron chi connectivity index (χ4n) is 2.81. The second kappa shape index (κ2) is 10.0. The molecule has 0 radical (unpaired) electrons. The number of rotatable bonds is 8. The van der Waals surface area contributed by atoms with E-state index < -0.39 is 22.8 Å². The number of carbonyl (C=O) groups excluding carboxylic acids is 3. The molecule has 10 heteroatoms. The van der Waals surface area contributed by atoms with E-state index in [1.165, 1.54) is 38.3 Å². The van der Waals surface area contributed by atoms with Gasteiger partial charge in [0.1, 0.15) is 11.8 Å². The number of ether oxygens (including phenoxy) is 2. The molecule has 0 heterocycles. The van der Waals surface area contributed by atoms with Crippen LogP contribution in [0.4, 0.5) is 11.4 Å². The van der Waals surface area contributed by atoms with Crippen molar-refractivity contribution in [3.05, 3.63) is 63.7 Å². The van der Waals surface area contributed by atoms with Gasteiger partial charge in [-0.1, -0.05) is 12.1 Å². The largest absolute Gasteiger partial charge is 0.496 e. The van der Waals surface area contributed by atoms with E-state index in [0.29, 0.717) is 11.3 Å². The number of benzene rings is 2. The summed E-state index contributed by atoms with van der Waals surface area (Å²) >= 11 is 0. The Morgan fingerprint density at radius 2 is 1.83 bits per heavy atom. The van der Waals surface area contributed by atoms with Crippen molar-refractivity contribution in [1.29, 1.82) is 0 Å². The number of para-hydroxylation sites is 1. The number of esters is 1. The average Bonchev–Trinajstić information content (AvgIpc) is 2.72. The Bertz CT molecular complexity index is 975. The Morgan fingerprint density at radius 1 is 1.13 bits per heavy atom. The predicted octanol–water partition coefficient (Wildman–Crippen LogP) is 2.08. The first-order valence-electron chi connectivity index (χ1n) is 8.83. The number of non-ortho nitro benzene ring substituents is 1. The molecule has 0 aliphatic rings. The molecular weight excluding hydrogens is 394 g/mol. The van der Waals surface area contributed by atoms with Crippen LogP contribution in [0.15, 0.2) is 42.5 Å². The van der Waals surface area contributed by atoms with Crippen molar-refractivity contribution < 1.29 is 28.8 Å². The second-order valence-corrected chi connectivity index (χ2v) is 6.23. The molecule has 0 aromatic heterocycles. The third kappa shape index (κ3) is 5.53. The molecule has 0 saturated carbocycles. The van der Waals surface area contributed by atoms with Crippen molar-refractivity contribution in [3.63, 3.8) is 0 Å². The molecule has 0 aliphatic carbocycles. The molecule has 0 unspecified atom stereocenters. The monoisotopic (exact) mass is 415 g/mol. The molecule has 2 aromatic rings. The first kappa shape index (κ1) is 22.3. The van der Waals surface area contributed by atoms with E-state index in [-0.39, 0.29) is 29.3 Å². The highest BCUT2D eigenvalue weighted by molar-refractivity contribution is 6.04. The standard InChI is InChI=1S/C20H21N3O7/c1-12(24)21-16-7-5-4-6-15(16)19(25)22-17(20(26)30-3)11-13-10-14(23(27)28)8-9-18(13)29-2/h4-10,17H,11H2,1-3H3,(H,21,24)(H,22,25)/t17-/m0/s1. The number of nitrogens with one attached hydrogen (secondary N) is 2. The lowest BCUT2D eigenvalue weighted by Gasteiger charge is -2.19. The fraction of sp³-hybridized carbons (Fsp3) is 0.250. The summed E-state index contributed by atoms with van der Waals surface area (Å²) < 4.78 is 9.98. The molecule has 0 saturated heterocycles. The van der Waals surface area contributed by atoms with Gasteiger partial charge >= 0.3 is 5.97 Å².